The molecule has 6 aromatic rings. The fraction of sp³-hybridized carbons (Fsp3) is 0.125. The Bertz CT molecular complexity index is 1610. The molecule has 0 amide bonds. The van der Waals surface area contributed by atoms with Gasteiger partial charge in [-0.25, -0.2) is 0 Å². The summed E-state index contributed by atoms with van der Waals surface area (Å²) in [5.74, 6) is 0. The Morgan fingerprint density at radius 2 is 1.57 bits per heavy atom. The Hall–Kier alpha value is -3.37. The molecule has 0 fully saturated rings. The van der Waals surface area contributed by atoms with Gasteiger partial charge in [0.25, 0.3) is 0 Å². The first-order valence-electron chi connectivity index (χ1n) is 12.1. The summed E-state index contributed by atoms with van der Waals surface area (Å²) >= 11 is 0. The molecule has 0 N–H and O–H groups in total. The van der Waals surface area contributed by atoms with E-state index < -0.39 is 8.07 Å². The van der Waals surface area contributed by atoms with Gasteiger partial charge in [0.05, 0.1) is 13.7 Å². The van der Waals surface area contributed by atoms with Crippen LogP contribution in [0.4, 0.5) is 0 Å². The van der Waals surface area contributed by atoms with Gasteiger partial charge in [0.1, 0.15) is 5.58 Å². The standard InChI is InChI=1S/C20H18NOSi.C12H10N.Ir/c1-23(2,3)14-12-16-15-8-4-5-10-19(15)22-20(16)17(13-14)18-9-6-7-11-21-18;1-10-7-8-12(13-9-10)11-5-3-2-4-6-11;/h4-12H,1-3H3;2-5,7-9H,1H3;/q2*-1;. The van der Waals surface area contributed by atoms with E-state index in [2.05, 4.69) is 66.0 Å². The van der Waals surface area contributed by atoms with E-state index in [0.29, 0.717) is 0 Å². The number of benzene rings is 3. The van der Waals surface area contributed by atoms with Crippen LogP contribution in [0.3, 0.4) is 0 Å². The van der Waals surface area contributed by atoms with Crippen molar-refractivity contribution in [3.63, 3.8) is 0 Å². The summed E-state index contributed by atoms with van der Waals surface area (Å²) in [5.41, 5.74) is 6.88. The van der Waals surface area contributed by atoms with Crippen LogP contribution in [0, 0.1) is 19.1 Å². The summed E-state index contributed by atoms with van der Waals surface area (Å²) < 4.78 is 6.15. The minimum absolute atomic E-state index is 0. The molecule has 0 atom stereocenters. The third-order valence-corrected chi connectivity index (χ3v) is 7.92. The second-order valence-electron chi connectivity index (χ2n) is 9.86. The molecule has 3 aromatic carbocycles. The van der Waals surface area contributed by atoms with Crippen LogP contribution in [0.1, 0.15) is 5.56 Å². The Labute approximate surface area is 233 Å². The molecule has 3 nitrogen and oxygen atoms in total. The Kier molecular flexibility index (Phi) is 8.18. The molecule has 37 heavy (non-hydrogen) atoms. The summed E-state index contributed by atoms with van der Waals surface area (Å²) in [6.07, 6.45) is 3.69. The number of rotatable bonds is 3. The van der Waals surface area contributed by atoms with Gasteiger partial charge in [-0.05, 0) is 36.0 Å². The third kappa shape index (κ3) is 5.96. The van der Waals surface area contributed by atoms with Gasteiger partial charge in [0.15, 0.2) is 0 Å². The number of para-hydroxylation sites is 1. The molecule has 0 saturated heterocycles. The molecule has 0 aliphatic heterocycles. The van der Waals surface area contributed by atoms with E-state index in [1.807, 2.05) is 80.0 Å². The Morgan fingerprint density at radius 3 is 2.24 bits per heavy atom. The van der Waals surface area contributed by atoms with Crippen molar-refractivity contribution in [2.75, 3.05) is 0 Å². The van der Waals surface area contributed by atoms with E-state index in [1.54, 1.807) is 0 Å². The average molecular weight is 677 g/mol. The van der Waals surface area contributed by atoms with Crippen molar-refractivity contribution in [1.82, 2.24) is 9.97 Å². The fourth-order valence-corrected chi connectivity index (χ4v) is 5.12. The zero-order valence-electron chi connectivity index (χ0n) is 21.4. The normalized spacial score (nSPS) is 11.0. The van der Waals surface area contributed by atoms with Crippen LogP contribution < -0.4 is 5.19 Å². The number of hydrogen-bond acceptors (Lipinski definition) is 3. The SMILES string of the molecule is C[Si](C)(C)c1[c-]c(-c2ccccn2)c2oc3ccccc3c2c1.Cc1ccc(-c2[c-]cccc2)nc1.[Ir]. The fourth-order valence-electron chi connectivity index (χ4n) is 4.04. The van der Waals surface area contributed by atoms with Crippen molar-refractivity contribution < 1.29 is 24.5 Å². The van der Waals surface area contributed by atoms with Crippen molar-refractivity contribution in [2.24, 2.45) is 0 Å². The van der Waals surface area contributed by atoms with E-state index in [-0.39, 0.29) is 20.1 Å². The van der Waals surface area contributed by atoms with Crippen LogP contribution in [0.25, 0.3) is 44.5 Å². The van der Waals surface area contributed by atoms with E-state index in [4.69, 9.17) is 4.42 Å². The third-order valence-electron chi connectivity index (χ3n) is 6.03. The van der Waals surface area contributed by atoms with Crippen molar-refractivity contribution in [2.45, 2.75) is 26.6 Å². The molecule has 0 bridgehead atoms. The van der Waals surface area contributed by atoms with Crippen LogP contribution in [-0.4, -0.2) is 18.0 Å². The van der Waals surface area contributed by atoms with E-state index in [1.165, 1.54) is 10.8 Å². The van der Waals surface area contributed by atoms with Gasteiger partial charge < -0.3 is 14.4 Å². The average Bonchev–Trinajstić information content (AvgIpc) is 3.28. The molecule has 0 saturated carbocycles. The molecule has 0 aliphatic carbocycles. The van der Waals surface area contributed by atoms with Crippen molar-refractivity contribution in [3.05, 3.63) is 115 Å². The summed E-state index contributed by atoms with van der Waals surface area (Å²) in [7, 11) is -1.50. The summed E-state index contributed by atoms with van der Waals surface area (Å²) in [5, 5.41) is 3.63. The number of aryl methyl sites for hydroxylation is 1. The topological polar surface area (TPSA) is 38.9 Å². The van der Waals surface area contributed by atoms with E-state index >= 15 is 0 Å². The first kappa shape index (κ1) is 26.7. The first-order chi connectivity index (χ1) is 17.4. The van der Waals surface area contributed by atoms with E-state index in [0.717, 1.165) is 44.5 Å². The minimum atomic E-state index is -1.50. The van der Waals surface area contributed by atoms with Gasteiger partial charge in [-0.3, -0.25) is 0 Å². The predicted octanol–water partition coefficient (Wildman–Crippen LogP) is 7.85. The van der Waals surface area contributed by atoms with Crippen molar-refractivity contribution in [1.29, 1.82) is 0 Å². The van der Waals surface area contributed by atoms with Crippen LogP contribution in [0.5, 0.6) is 0 Å². The number of fused-ring (bicyclic) bond motifs is 3. The van der Waals surface area contributed by atoms with Gasteiger partial charge in [-0.2, -0.15) is 0 Å². The number of hydrogen-bond donors (Lipinski definition) is 0. The van der Waals surface area contributed by atoms with Crippen LogP contribution >= 0.6 is 0 Å². The molecule has 187 valence electrons. The molecule has 1 radical (unpaired) electrons. The van der Waals surface area contributed by atoms with Gasteiger partial charge in [-0.15, -0.1) is 53.2 Å². The Balaban J connectivity index is 0.000000195. The smallest absolute Gasteiger partial charge is 0.120 e. The molecule has 3 aromatic heterocycles. The molecule has 0 spiro atoms. The molecule has 3 heterocycles. The Morgan fingerprint density at radius 1 is 0.784 bits per heavy atom. The number of aromatic nitrogens is 2. The van der Waals surface area contributed by atoms with E-state index in [9.17, 15) is 0 Å². The summed E-state index contributed by atoms with van der Waals surface area (Å²) in [6.45, 7) is 9.06. The zero-order valence-corrected chi connectivity index (χ0v) is 24.8. The van der Waals surface area contributed by atoms with Gasteiger partial charge >= 0.3 is 0 Å². The molecular formula is C32H28IrN2OSi-2. The predicted molar refractivity (Wildman–Crippen MR) is 152 cm³/mol. The number of furan rings is 1. The zero-order chi connectivity index (χ0) is 25.1. The molecule has 0 unspecified atom stereocenters. The van der Waals surface area contributed by atoms with Crippen molar-refractivity contribution in [3.8, 4) is 22.5 Å². The van der Waals surface area contributed by atoms with Crippen LogP contribution in [-0.2, 0) is 20.1 Å². The first-order valence-corrected chi connectivity index (χ1v) is 15.6. The maximum absolute atomic E-state index is 6.15. The van der Waals surface area contributed by atoms with Gasteiger partial charge in [-0.1, -0.05) is 73.1 Å². The summed E-state index contributed by atoms with van der Waals surface area (Å²) in [4.78, 5) is 8.83. The van der Waals surface area contributed by atoms with Crippen LogP contribution in [0.15, 0.2) is 102 Å². The second-order valence-corrected chi connectivity index (χ2v) is 14.9. The van der Waals surface area contributed by atoms with Gasteiger partial charge in [0.2, 0.25) is 0 Å². The minimum Gasteiger partial charge on any atom is -0.501 e. The largest absolute Gasteiger partial charge is 0.501 e. The maximum atomic E-state index is 6.15. The molecule has 6 rings (SSSR count). The van der Waals surface area contributed by atoms with Gasteiger partial charge in [0, 0.05) is 37.9 Å². The molecule has 5 heteroatoms. The van der Waals surface area contributed by atoms with Crippen molar-refractivity contribution >= 4 is 35.2 Å². The maximum Gasteiger partial charge on any atom is 0.120 e. The van der Waals surface area contributed by atoms with Crippen LogP contribution in [0.2, 0.25) is 19.6 Å². The monoisotopic (exact) mass is 677 g/mol. The molecule has 0 aliphatic rings. The molecular weight excluding hydrogens is 649 g/mol. The number of nitrogens with zero attached hydrogens (tertiary/aromatic N) is 2. The second kappa shape index (κ2) is 11.3. The summed E-state index contributed by atoms with van der Waals surface area (Å²) in [6, 6.07) is 35.1. The number of pyridine rings is 2. The quantitative estimate of drug-likeness (QED) is 0.142.